The number of piperidine rings is 1. The largest absolute Gasteiger partial charge is 0.396 e. The van der Waals surface area contributed by atoms with Gasteiger partial charge in [0.25, 0.3) is 0 Å². The lowest BCUT2D eigenvalue weighted by Crippen LogP contribution is -2.34. The van der Waals surface area contributed by atoms with E-state index in [0.717, 1.165) is 32.5 Å². The Morgan fingerprint density at radius 2 is 1.71 bits per heavy atom. The molecule has 0 bridgehead atoms. The van der Waals surface area contributed by atoms with Crippen molar-refractivity contribution >= 4 is 0 Å². The van der Waals surface area contributed by atoms with Gasteiger partial charge in [-0.05, 0) is 37.4 Å². The average molecular weight is 235 g/mol. The van der Waals surface area contributed by atoms with Crippen molar-refractivity contribution in [3.05, 3.63) is 35.9 Å². The number of hydrogen-bond acceptors (Lipinski definition) is 2. The molecule has 0 spiro atoms. The molecule has 0 aliphatic carbocycles. The minimum absolute atomic E-state index is 0.360. The Labute approximate surface area is 105 Å². The van der Waals surface area contributed by atoms with E-state index in [1.165, 1.54) is 5.56 Å². The first-order valence-corrected chi connectivity index (χ1v) is 6.75. The van der Waals surface area contributed by atoms with Gasteiger partial charge in [-0.3, -0.25) is 4.90 Å². The molecule has 1 heterocycles. The first-order valence-electron chi connectivity index (χ1n) is 6.75. The average Bonchev–Trinajstić information content (AvgIpc) is 2.43. The predicted octanol–water partition coefficient (Wildman–Crippen LogP) is 2.92. The second-order valence-corrected chi connectivity index (χ2v) is 4.39. The van der Waals surface area contributed by atoms with Crippen molar-refractivity contribution in [2.24, 2.45) is 5.92 Å². The normalized spacial score (nSPS) is 17.4. The first-order chi connectivity index (χ1) is 8.38. The maximum atomic E-state index is 9.05. The van der Waals surface area contributed by atoms with E-state index in [2.05, 4.69) is 35.2 Å². The molecular weight excluding hydrogens is 210 g/mol. The number of aliphatic hydroxyl groups excluding tert-OH is 1. The summed E-state index contributed by atoms with van der Waals surface area (Å²) in [6, 6.07) is 10.6. The Hall–Kier alpha value is -0.860. The Morgan fingerprint density at radius 1 is 1.12 bits per heavy atom. The molecule has 0 aromatic heterocycles. The van der Waals surface area contributed by atoms with Crippen LogP contribution in [-0.2, 0) is 6.54 Å². The summed E-state index contributed by atoms with van der Waals surface area (Å²) in [5, 5.41) is 9.05. The standard InChI is InChI=1S/C13H19NO.C2H6/c15-11-13-6-8-14(9-7-13)10-12-4-2-1-3-5-12;1-2/h1-5,13,15H,6-11H2;1-2H3. The molecule has 0 saturated carbocycles. The molecule has 0 unspecified atom stereocenters. The van der Waals surface area contributed by atoms with Gasteiger partial charge in [-0.15, -0.1) is 0 Å². The first kappa shape index (κ1) is 14.2. The van der Waals surface area contributed by atoms with E-state index in [0.29, 0.717) is 12.5 Å². The van der Waals surface area contributed by atoms with Crippen LogP contribution in [0.15, 0.2) is 30.3 Å². The summed E-state index contributed by atoms with van der Waals surface area (Å²) in [5.74, 6) is 0.539. The van der Waals surface area contributed by atoms with E-state index in [1.54, 1.807) is 0 Å². The highest BCUT2D eigenvalue weighted by Gasteiger charge is 2.17. The van der Waals surface area contributed by atoms with E-state index < -0.39 is 0 Å². The predicted molar refractivity (Wildman–Crippen MR) is 72.9 cm³/mol. The van der Waals surface area contributed by atoms with Crippen molar-refractivity contribution in [3.8, 4) is 0 Å². The Kier molecular flexibility index (Phi) is 6.90. The summed E-state index contributed by atoms with van der Waals surface area (Å²) in [6.07, 6.45) is 2.28. The molecule has 0 radical (unpaired) electrons. The number of benzene rings is 1. The second-order valence-electron chi connectivity index (χ2n) is 4.39. The van der Waals surface area contributed by atoms with Crippen LogP contribution in [0, 0.1) is 5.92 Å². The second kappa shape index (κ2) is 8.26. The van der Waals surface area contributed by atoms with Gasteiger partial charge in [0.1, 0.15) is 0 Å². The summed E-state index contributed by atoms with van der Waals surface area (Å²) >= 11 is 0. The minimum Gasteiger partial charge on any atom is -0.396 e. The van der Waals surface area contributed by atoms with Crippen LogP contribution >= 0.6 is 0 Å². The quantitative estimate of drug-likeness (QED) is 0.870. The maximum absolute atomic E-state index is 9.05. The molecule has 1 saturated heterocycles. The van der Waals surface area contributed by atoms with Gasteiger partial charge in [-0.1, -0.05) is 44.2 Å². The van der Waals surface area contributed by atoms with Crippen LogP contribution in [0.5, 0.6) is 0 Å². The molecule has 1 aliphatic heterocycles. The molecule has 96 valence electrons. The van der Waals surface area contributed by atoms with E-state index in [1.807, 2.05) is 13.8 Å². The summed E-state index contributed by atoms with van der Waals surface area (Å²) in [5.41, 5.74) is 1.39. The van der Waals surface area contributed by atoms with Crippen molar-refractivity contribution in [2.45, 2.75) is 33.2 Å². The lowest BCUT2D eigenvalue weighted by atomic mass is 9.97. The zero-order valence-corrected chi connectivity index (χ0v) is 11.1. The molecule has 1 aromatic carbocycles. The third-order valence-electron chi connectivity index (χ3n) is 3.21. The molecule has 0 atom stereocenters. The summed E-state index contributed by atoms with van der Waals surface area (Å²) in [6.45, 7) is 7.67. The van der Waals surface area contributed by atoms with E-state index in [-0.39, 0.29) is 0 Å². The molecule has 17 heavy (non-hydrogen) atoms. The molecule has 1 N–H and O–H groups in total. The van der Waals surface area contributed by atoms with Crippen LogP contribution in [0.3, 0.4) is 0 Å². The van der Waals surface area contributed by atoms with Crippen LogP contribution in [0.25, 0.3) is 0 Å². The van der Waals surface area contributed by atoms with Crippen LogP contribution in [0.2, 0.25) is 0 Å². The highest BCUT2D eigenvalue weighted by molar-refractivity contribution is 5.14. The highest BCUT2D eigenvalue weighted by atomic mass is 16.3. The maximum Gasteiger partial charge on any atom is 0.0460 e. The molecule has 2 nitrogen and oxygen atoms in total. The van der Waals surface area contributed by atoms with Crippen molar-refractivity contribution in [1.29, 1.82) is 0 Å². The summed E-state index contributed by atoms with van der Waals surface area (Å²) < 4.78 is 0. The van der Waals surface area contributed by atoms with Gasteiger partial charge in [-0.2, -0.15) is 0 Å². The van der Waals surface area contributed by atoms with Crippen molar-refractivity contribution < 1.29 is 5.11 Å². The van der Waals surface area contributed by atoms with E-state index >= 15 is 0 Å². The molecule has 1 aliphatic rings. The molecule has 0 amide bonds. The molecule has 1 fully saturated rings. The minimum atomic E-state index is 0.360. The molecule has 2 rings (SSSR count). The van der Waals surface area contributed by atoms with Gasteiger partial charge in [0.15, 0.2) is 0 Å². The number of aliphatic hydroxyl groups is 1. The third-order valence-corrected chi connectivity index (χ3v) is 3.21. The number of rotatable bonds is 3. The number of nitrogens with zero attached hydrogens (tertiary/aromatic N) is 1. The lowest BCUT2D eigenvalue weighted by Gasteiger charge is -2.30. The van der Waals surface area contributed by atoms with Crippen molar-refractivity contribution in [1.82, 2.24) is 4.90 Å². The van der Waals surface area contributed by atoms with Crippen LogP contribution in [0.1, 0.15) is 32.3 Å². The number of likely N-dealkylation sites (tertiary alicyclic amines) is 1. The topological polar surface area (TPSA) is 23.5 Å². The lowest BCUT2D eigenvalue weighted by molar-refractivity contribution is 0.127. The van der Waals surface area contributed by atoms with Crippen molar-refractivity contribution in [3.63, 3.8) is 0 Å². The Morgan fingerprint density at radius 3 is 2.24 bits per heavy atom. The van der Waals surface area contributed by atoms with E-state index in [9.17, 15) is 0 Å². The van der Waals surface area contributed by atoms with Gasteiger partial charge >= 0.3 is 0 Å². The summed E-state index contributed by atoms with van der Waals surface area (Å²) in [4.78, 5) is 2.47. The van der Waals surface area contributed by atoms with Gasteiger partial charge in [-0.25, -0.2) is 0 Å². The van der Waals surface area contributed by atoms with Gasteiger partial charge in [0.05, 0.1) is 0 Å². The molecular formula is C15H25NO. The van der Waals surface area contributed by atoms with Crippen molar-refractivity contribution in [2.75, 3.05) is 19.7 Å². The molecule has 2 heteroatoms. The SMILES string of the molecule is CC.OCC1CCN(Cc2ccccc2)CC1. The molecule has 1 aromatic rings. The van der Waals surface area contributed by atoms with Crippen LogP contribution < -0.4 is 0 Å². The Bertz CT molecular complexity index is 278. The fourth-order valence-electron chi connectivity index (χ4n) is 2.17. The van der Waals surface area contributed by atoms with Gasteiger partial charge in [0.2, 0.25) is 0 Å². The highest BCUT2D eigenvalue weighted by Crippen LogP contribution is 2.18. The Balaban J connectivity index is 0.000000686. The fourth-order valence-corrected chi connectivity index (χ4v) is 2.17. The summed E-state index contributed by atoms with van der Waals surface area (Å²) in [7, 11) is 0. The number of hydrogen-bond donors (Lipinski definition) is 1. The third kappa shape index (κ3) is 4.88. The van der Waals surface area contributed by atoms with Crippen LogP contribution in [-0.4, -0.2) is 29.7 Å². The zero-order chi connectivity index (χ0) is 12.5. The fraction of sp³-hybridized carbons (Fsp3) is 0.600. The van der Waals surface area contributed by atoms with Crippen LogP contribution in [0.4, 0.5) is 0 Å². The smallest absolute Gasteiger partial charge is 0.0460 e. The monoisotopic (exact) mass is 235 g/mol. The van der Waals surface area contributed by atoms with E-state index in [4.69, 9.17) is 5.11 Å². The van der Waals surface area contributed by atoms with Gasteiger partial charge in [0, 0.05) is 13.2 Å². The zero-order valence-electron chi connectivity index (χ0n) is 11.1. The van der Waals surface area contributed by atoms with Gasteiger partial charge < -0.3 is 5.11 Å².